The largest absolute Gasteiger partial charge is 0.338 e. The molecule has 8 heteroatoms. The van der Waals surface area contributed by atoms with E-state index in [0.29, 0.717) is 22.6 Å². The molecule has 5 aromatic rings. The molecule has 2 aromatic heterocycles. The van der Waals surface area contributed by atoms with Gasteiger partial charge in [0.05, 0.1) is 4.90 Å². The van der Waals surface area contributed by atoms with E-state index in [1.807, 2.05) is 42.5 Å². The predicted molar refractivity (Wildman–Crippen MR) is 147 cm³/mol. The Bertz CT molecular complexity index is 1700. The number of aromatic nitrogens is 3. The highest BCUT2D eigenvalue weighted by Gasteiger charge is 2.19. The van der Waals surface area contributed by atoms with Crippen LogP contribution in [0.25, 0.3) is 22.0 Å². The molecule has 7 nitrogen and oxygen atoms in total. The van der Waals surface area contributed by atoms with Gasteiger partial charge >= 0.3 is 0 Å². The Kier molecular flexibility index (Phi) is 6.69. The van der Waals surface area contributed by atoms with Gasteiger partial charge in [0, 0.05) is 41.0 Å². The fraction of sp³-hybridized carbons (Fsp3) is 0.138. The number of hydrogen-bond donors (Lipinski definition) is 2. The molecule has 0 aliphatic heterocycles. The van der Waals surface area contributed by atoms with E-state index in [1.165, 1.54) is 5.56 Å². The lowest BCUT2D eigenvalue weighted by molar-refractivity contribution is 0.580. The van der Waals surface area contributed by atoms with Crippen molar-refractivity contribution in [2.24, 2.45) is 0 Å². The van der Waals surface area contributed by atoms with Crippen molar-refractivity contribution in [1.29, 1.82) is 0 Å². The third kappa shape index (κ3) is 5.21. The maximum Gasteiger partial charge on any atom is 0.241 e. The van der Waals surface area contributed by atoms with Gasteiger partial charge in [0.15, 0.2) is 5.82 Å². The standard InChI is InChI=1S/C29H27N5O2S/c1-19-10-13-26(21(3)15-19)32-29-25-9-5-4-8-24(25)28(33-34-29)23-12-11-20(2)27(16-23)37(35,36)31-18-22-7-6-14-30-17-22/h4-17,31H,18H2,1-3H3,(H,32,34). The number of fused-ring (bicyclic) bond motifs is 1. The van der Waals surface area contributed by atoms with Crippen LogP contribution in [0.15, 0.2) is 90.1 Å². The SMILES string of the molecule is Cc1ccc(Nc2nnc(-c3ccc(C)c(S(=O)(=O)NCc4cccnc4)c3)c3ccccc23)c(C)c1. The highest BCUT2D eigenvalue weighted by Crippen LogP contribution is 2.33. The van der Waals surface area contributed by atoms with Gasteiger partial charge in [0.1, 0.15) is 5.69 Å². The minimum Gasteiger partial charge on any atom is -0.338 e. The molecule has 3 aromatic carbocycles. The number of hydrogen-bond acceptors (Lipinski definition) is 6. The molecule has 0 saturated carbocycles. The van der Waals surface area contributed by atoms with Crippen molar-refractivity contribution in [3.05, 3.63) is 107 Å². The van der Waals surface area contributed by atoms with Crippen LogP contribution in [0.2, 0.25) is 0 Å². The molecule has 37 heavy (non-hydrogen) atoms. The van der Waals surface area contributed by atoms with Crippen molar-refractivity contribution in [1.82, 2.24) is 19.9 Å². The summed E-state index contributed by atoms with van der Waals surface area (Å²) in [4.78, 5) is 4.25. The van der Waals surface area contributed by atoms with Crippen molar-refractivity contribution in [3.8, 4) is 11.3 Å². The van der Waals surface area contributed by atoms with E-state index in [2.05, 4.69) is 51.2 Å². The molecule has 0 spiro atoms. The first-order valence-corrected chi connectivity index (χ1v) is 13.4. The van der Waals surface area contributed by atoms with E-state index < -0.39 is 10.0 Å². The Morgan fingerprint density at radius 3 is 2.38 bits per heavy atom. The summed E-state index contributed by atoms with van der Waals surface area (Å²) in [6.07, 6.45) is 3.29. The van der Waals surface area contributed by atoms with Crippen LogP contribution >= 0.6 is 0 Å². The summed E-state index contributed by atoms with van der Waals surface area (Å²) < 4.78 is 29.1. The van der Waals surface area contributed by atoms with E-state index in [0.717, 1.165) is 27.6 Å². The molecule has 0 fully saturated rings. The Balaban J connectivity index is 1.52. The summed E-state index contributed by atoms with van der Waals surface area (Å²) in [5.41, 5.74) is 5.98. The van der Waals surface area contributed by atoms with Gasteiger partial charge in [-0.05, 0) is 55.7 Å². The summed E-state index contributed by atoms with van der Waals surface area (Å²) in [5, 5.41) is 14.2. The second kappa shape index (κ2) is 10.1. The fourth-order valence-corrected chi connectivity index (χ4v) is 5.57. The lowest BCUT2D eigenvalue weighted by Crippen LogP contribution is -2.24. The van der Waals surface area contributed by atoms with E-state index in [-0.39, 0.29) is 11.4 Å². The average Bonchev–Trinajstić information content (AvgIpc) is 2.90. The van der Waals surface area contributed by atoms with E-state index >= 15 is 0 Å². The van der Waals surface area contributed by atoms with Crippen molar-refractivity contribution >= 4 is 32.3 Å². The molecule has 0 bridgehead atoms. The lowest BCUT2D eigenvalue weighted by atomic mass is 10.0. The van der Waals surface area contributed by atoms with Crippen LogP contribution in [-0.2, 0) is 16.6 Å². The van der Waals surface area contributed by atoms with Gasteiger partial charge < -0.3 is 5.32 Å². The Morgan fingerprint density at radius 1 is 0.811 bits per heavy atom. The van der Waals surface area contributed by atoms with Crippen molar-refractivity contribution in [3.63, 3.8) is 0 Å². The second-order valence-electron chi connectivity index (χ2n) is 9.05. The minimum absolute atomic E-state index is 0.154. The van der Waals surface area contributed by atoms with Crippen LogP contribution in [0.3, 0.4) is 0 Å². The van der Waals surface area contributed by atoms with E-state index in [4.69, 9.17) is 0 Å². The molecule has 0 aliphatic carbocycles. The molecule has 186 valence electrons. The van der Waals surface area contributed by atoms with Crippen LogP contribution in [0.4, 0.5) is 11.5 Å². The number of anilines is 2. The molecular formula is C29H27N5O2S. The maximum atomic E-state index is 13.2. The number of aryl methyl sites for hydroxylation is 3. The highest BCUT2D eigenvalue weighted by molar-refractivity contribution is 7.89. The molecule has 0 atom stereocenters. The third-order valence-electron chi connectivity index (χ3n) is 6.26. The first-order valence-electron chi connectivity index (χ1n) is 11.9. The monoisotopic (exact) mass is 509 g/mol. The van der Waals surface area contributed by atoms with Crippen LogP contribution < -0.4 is 10.0 Å². The Labute approximate surface area is 216 Å². The molecule has 0 radical (unpaired) electrons. The quantitative estimate of drug-likeness (QED) is 0.286. The number of nitrogens with zero attached hydrogens (tertiary/aromatic N) is 3. The second-order valence-corrected chi connectivity index (χ2v) is 10.8. The Hall–Kier alpha value is -4.14. The maximum absolute atomic E-state index is 13.2. The van der Waals surface area contributed by atoms with Crippen LogP contribution in [-0.4, -0.2) is 23.6 Å². The van der Waals surface area contributed by atoms with Gasteiger partial charge in [-0.25, -0.2) is 13.1 Å². The summed E-state index contributed by atoms with van der Waals surface area (Å²) in [7, 11) is -3.77. The average molecular weight is 510 g/mol. The molecule has 2 heterocycles. The van der Waals surface area contributed by atoms with Crippen LogP contribution in [0, 0.1) is 20.8 Å². The molecule has 0 aliphatic rings. The zero-order valence-corrected chi connectivity index (χ0v) is 21.7. The topological polar surface area (TPSA) is 96.9 Å². The molecule has 0 saturated heterocycles. The zero-order chi connectivity index (χ0) is 26.0. The normalized spacial score (nSPS) is 11.5. The van der Waals surface area contributed by atoms with Crippen molar-refractivity contribution in [2.45, 2.75) is 32.2 Å². The summed E-state index contributed by atoms with van der Waals surface area (Å²) in [6.45, 7) is 6.05. The first kappa shape index (κ1) is 24.5. The zero-order valence-electron chi connectivity index (χ0n) is 20.9. The van der Waals surface area contributed by atoms with Crippen LogP contribution in [0.5, 0.6) is 0 Å². The number of benzene rings is 3. The smallest absolute Gasteiger partial charge is 0.241 e. The summed E-state index contributed by atoms with van der Waals surface area (Å²) in [6, 6.07) is 23.0. The van der Waals surface area contributed by atoms with Gasteiger partial charge in [-0.3, -0.25) is 4.98 Å². The van der Waals surface area contributed by atoms with Gasteiger partial charge in [0.25, 0.3) is 0 Å². The Morgan fingerprint density at radius 2 is 1.62 bits per heavy atom. The first-order chi connectivity index (χ1) is 17.8. The molecule has 2 N–H and O–H groups in total. The lowest BCUT2D eigenvalue weighted by Gasteiger charge is -2.14. The number of rotatable bonds is 7. The van der Waals surface area contributed by atoms with Crippen LogP contribution in [0.1, 0.15) is 22.3 Å². The van der Waals surface area contributed by atoms with Gasteiger partial charge in [-0.1, -0.05) is 60.2 Å². The highest BCUT2D eigenvalue weighted by atomic mass is 32.2. The van der Waals surface area contributed by atoms with E-state index in [1.54, 1.807) is 37.5 Å². The van der Waals surface area contributed by atoms with Crippen molar-refractivity contribution in [2.75, 3.05) is 5.32 Å². The van der Waals surface area contributed by atoms with Crippen molar-refractivity contribution < 1.29 is 8.42 Å². The van der Waals surface area contributed by atoms with E-state index in [9.17, 15) is 8.42 Å². The van der Waals surface area contributed by atoms with Gasteiger partial charge in [-0.15, -0.1) is 10.2 Å². The van der Waals surface area contributed by atoms with Gasteiger partial charge in [-0.2, -0.15) is 0 Å². The van der Waals surface area contributed by atoms with Gasteiger partial charge in [0.2, 0.25) is 10.0 Å². The molecular weight excluding hydrogens is 482 g/mol. The molecule has 5 rings (SSSR count). The minimum atomic E-state index is -3.77. The summed E-state index contributed by atoms with van der Waals surface area (Å²) >= 11 is 0. The summed E-state index contributed by atoms with van der Waals surface area (Å²) in [5.74, 6) is 0.643. The number of nitrogens with one attached hydrogen (secondary N) is 2. The fourth-order valence-electron chi connectivity index (χ4n) is 4.29. The molecule has 0 unspecified atom stereocenters. The number of sulfonamides is 1. The predicted octanol–water partition coefficient (Wildman–Crippen LogP) is 5.84. The number of pyridine rings is 1. The molecule has 0 amide bonds. The third-order valence-corrected chi connectivity index (χ3v) is 7.81.